The quantitative estimate of drug-likeness (QED) is 0.167. The molecule has 0 saturated carbocycles. The minimum atomic E-state index is -5.13. The Morgan fingerprint density at radius 1 is 1.64 bits per heavy atom. The van der Waals surface area contributed by atoms with Crippen LogP contribution < -0.4 is 5.73 Å². The summed E-state index contributed by atoms with van der Waals surface area (Å²) in [6.45, 7) is 0.00787. The number of hydroxylamine groups is 2. The van der Waals surface area contributed by atoms with E-state index in [0.717, 1.165) is 4.90 Å². The van der Waals surface area contributed by atoms with E-state index in [9.17, 15) is 17.8 Å². The average molecular weight is 331 g/mol. The highest BCUT2D eigenvalue weighted by Gasteiger charge is 2.52. The zero-order valence-electron chi connectivity index (χ0n) is 11.1. The van der Waals surface area contributed by atoms with Crippen LogP contribution >= 0.6 is 0 Å². The van der Waals surface area contributed by atoms with Crippen molar-refractivity contribution in [1.29, 1.82) is 0 Å². The molecular formula is C9H11N6O6S-. The Bertz CT molecular complexity index is 772. The maximum atomic E-state index is 12.3. The summed E-state index contributed by atoms with van der Waals surface area (Å²) in [6.07, 6.45) is 1.40. The first-order valence-corrected chi connectivity index (χ1v) is 7.32. The predicted molar refractivity (Wildman–Crippen MR) is 66.8 cm³/mol. The second-order valence-electron chi connectivity index (χ2n) is 4.80. The minimum Gasteiger partial charge on any atom is -0.724 e. The number of nitrogens with zero attached hydrogens (tertiary/aromatic N) is 5. The summed E-state index contributed by atoms with van der Waals surface area (Å²) in [7, 11) is -3.54. The number of urea groups is 1. The van der Waals surface area contributed by atoms with E-state index in [-0.39, 0.29) is 12.4 Å². The molecule has 2 aliphatic rings. The van der Waals surface area contributed by atoms with E-state index in [2.05, 4.69) is 14.5 Å². The highest BCUT2D eigenvalue weighted by molar-refractivity contribution is 7.80. The molecule has 0 radical (unpaired) electrons. The summed E-state index contributed by atoms with van der Waals surface area (Å²) >= 11 is 0. The van der Waals surface area contributed by atoms with E-state index >= 15 is 0 Å². The molecule has 0 spiro atoms. The number of fused-ring (bicyclic) bond motifs is 4. The van der Waals surface area contributed by atoms with Crippen molar-refractivity contribution in [3.8, 4) is 0 Å². The number of oxime groups is 1. The first-order chi connectivity index (χ1) is 10.2. The van der Waals surface area contributed by atoms with Crippen LogP contribution in [0.1, 0.15) is 23.3 Å². The van der Waals surface area contributed by atoms with Gasteiger partial charge in [-0.2, -0.15) is 14.4 Å². The molecule has 13 heteroatoms. The van der Waals surface area contributed by atoms with Crippen LogP contribution in [0.25, 0.3) is 0 Å². The molecule has 1 saturated heterocycles. The number of hydrogen-bond donors (Lipinski definition) is 2. The fourth-order valence-corrected chi connectivity index (χ4v) is 3.14. The molecule has 0 aromatic carbocycles. The van der Waals surface area contributed by atoms with Crippen molar-refractivity contribution in [3.05, 3.63) is 17.5 Å². The van der Waals surface area contributed by atoms with E-state index < -0.39 is 28.5 Å². The minimum absolute atomic E-state index is 0.00787. The van der Waals surface area contributed by atoms with Gasteiger partial charge in [-0.05, 0) is 0 Å². The van der Waals surface area contributed by atoms with Crippen LogP contribution in [0.4, 0.5) is 4.79 Å². The van der Waals surface area contributed by atoms with Gasteiger partial charge in [0.1, 0.15) is 12.1 Å². The van der Waals surface area contributed by atoms with E-state index in [4.69, 9.17) is 10.9 Å². The van der Waals surface area contributed by atoms with Crippen LogP contribution in [-0.4, -0.2) is 56.3 Å². The Balaban J connectivity index is 2.13. The van der Waals surface area contributed by atoms with Gasteiger partial charge in [0, 0.05) is 12.6 Å². The molecule has 12 nitrogen and oxygen atoms in total. The normalized spacial score (nSPS) is 24.8. The summed E-state index contributed by atoms with van der Waals surface area (Å²) in [5.74, 6) is -0.275. The van der Waals surface area contributed by atoms with E-state index in [1.165, 1.54) is 10.9 Å². The molecule has 0 unspecified atom stereocenters. The van der Waals surface area contributed by atoms with Gasteiger partial charge in [0.25, 0.3) is 0 Å². The van der Waals surface area contributed by atoms with E-state index in [1.807, 2.05) is 0 Å². The van der Waals surface area contributed by atoms with Gasteiger partial charge in [-0.3, -0.25) is 4.68 Å². The molecule has 22 heavy (non-hydrogen) atoms. The van der Waals surface area contributed by atoms with Gasteiger partial charge >= 0.3 is 6.03 Å². The molecule has 2 atom stereocenters. The number of hydrogen-bond acceptors (Lipinski definition) is 8. The lowest BCUT2D eigenvalue weighted by atomic mass is 9.97. The van der Waals surface area contributed by atoms with Crippen molar-refractivity contribution in [3.63, 3.8) is 0 Å². The molecule has 2 amide bonds. The number of rotatable bonds is 3. The topological polar surface area (TPSA) is 166 Å². The number of carbonyl (C=O) groups is 1. The molecule has 3 heterocycles. The van der Waals surface area contributed by atoms with Crippen LogP contribution in [0.15, 0.2) is 11.4 Å². The summed E-state index contributed by atoms with van der Waals surface area (Å²) < 4.78 is 38.1. The second-order valence-corrected chi connectivity index (χ2v) is 5.76. The first kappa shape index (κ1) is 14.6. The standard InChI is InChI=1S/C9H12N6O6S/c1-13-6-4(2-11-13)5-3-14(7(6)8(10)12-17)9(16)15(5)21-22(18,19)20/h2,5,7,17H,3H2,1H3,(H2,10,12)(H,18,19,20)/p-1/t5-,7-/m0/s1. The molecule has 2 bridgehead atoms. The third-order valence-corrected chi connectivity index (χ3v) is 3.94. The molecule has 3 N–H and O–H groups in total. The Morgan fingerprint density at radius 3 is 2.91 bits per heavy atom. The maximum absolute atomic E-state index is 12.3. The van der Waals surface area contributed by atoms with Crippen molar-refractivity contribution in [2.24, 2.45) is 17.9 Å². The monoisotopic (exact) mass is 331 g/mol. The van der Waals surface area contributed by atoms with Gasteiger partial charge in [0.05, 0.1) is 18.4 Å². The van der Waals surface area contributed by atoms with Crippen LogP contribution in [0, 0.1) is 0 Å². The van der Waals surface area contributed by atoms with E-state index in [1.54, 1.807) is 7.05 Å². The number of aromatic nitrogens is 2. The largest absolute Gasteiger partial charge is 0.724 e. The van der Waals surface area contributed by atoms with Gasteiger partial charge in [0.2, 0.25) is 10.4 Å². The van der Waals surface area contributed by atoms with E-state index in [0.29, 0.717) is 16.3 Å². The Hall–Kier alpha value is -2.38. The van der Waals surface area contributed by atoms with Crippen molar-refractivity contribution in [2.45, 2.75) is 12.1 Å². The average Bonchev–Trinajstić information content (AvgIpc) is 2.93. The molecule has 1 aromatic heterocycles. The highest BCUT2D eigenvalue weighted by atomic mass is 32.3. The second kappa shape index (κ2) is 4.56. The molecular weight excluding hydrogens is 320 g/mol. The first-order valence-electron chi connectivity index (χ1n) is 5.99. The lowest BCUT2D eigenvalue weighted by Crippen LogP contribution is -2.42. The third kappa shape index (κ3) is 1.98. The Kier molecular flexibility index (Phi) is 3.01. The number of amidine groups is 1. The zero-order valence-corrected chi connectivity index (χ0v) is 12.0. The number of amides is 2. The van der Waals surface area contributed by atoms with Crippen LogP contribution in [0.2, 0.25) is 0 Å². The number of aryl methyl sites for hydroxylation is 1. The van der Waals surface area contributed by atoms with Crippen molar-refractivity contribution < 1.29 is 27.3 Å². The van der Waals surface area contributed by atoms with Crippen LogP contribution in [0.5, 0.6) is 0 Å². The fourth-order valence-electron chi connectivity index (χ4n) is 2.78. The van der Waals surface area contributed by atoms with Crippen LogP contribution in [0.3, 0.4) is 0 Å². The molecule has 2 aliphatic heterocycles. The third-order valence-electron chi connectivity index (χ3n) is 3.60. The van der Waals surface area contributed by atoms with Crippen molar-refractivity contribution in [2.75, 3.05) is 6.54 Å². The van der Waals surface area contributed by atoms with Gasteiger partial charge in [-0.1, -0.05) is 5.16 Å². The van der Waals surface area contributed by atoms with Gasteiger partial charge in [-0.25, -0.2) is 13.2 Å². The summed E-state index contributed by atoms with van der Waals surface area (Å²) in [4.78, 5) is 13.4. The predicted octanol–water partition coefficient (Wildman–Crippen LogP) is -1.61. The molecule has 0 aliphatic carbocycles. The van der Waals surface area contributed by atoms with Crippen molar-refractivity contribution >= 4 is 22.3 Å². The number of nitrogens with two attached hydrogens (primary N) is 1. The smallest absolute Gasteiger partial charge is 0.346 e. The lowest BCUT2D eigenvalue weighted by Gasteiger charge is -2.29. The SMILES string of the molecule is Cn1ncc2c1[C@@H](/C(N)=N/O)N1C[C@@H]2N(OS(=O)(=O)[O-])C1=O. The summed E-state index contributed by atoms with van der Waals surface area (Å²) in [5, 5.41) is 16.3. The fraction of sp³-hybridized carbons (Fsp3) is 0.444. The summed E-state index contributed by atoms with van der Waals surface area (Å²) in [5.41, 5.74) is 6.52. The maximum Gasteiger partial charge on any atom is 0.346 e. The van der Waals surface area contributed by atoms with Gasteiger partial charge in [0.15, 0.2) is 5.84 Å². The molecule has 3 rings (SSSR count). The Morgan fingerprint density at radius 2 is 2.32 bits per heavy atom. The van der Waals surface area contributed by atoms with Crippen molar-refractivity contribution in [1.82, 2.24) is 19.7 Å². The van der Waals surface area contributed by atoms with Gasteiger partial charge < -0.3 is 20.4 Å². The molecule has 120 valence electrons. The van der Waals surface area contributed by atoms with Gasteiger partial charge in [-0.15, -0.1) is 0 Å². The number of carbonyl (C=O) groups excluding carboxylic acids is 1. The highest BCUT2D eigenvalue weighted by Crippen LogP contribution is 2.43. The molecule has 1 aromatic rings. The summed E-state index contributed by atoms with van der Waals surface area (Å²) in [6, 6.07) is -2.65. The zero-order chi connectivity index (χ0) is 16.2. The lowest BCUT2D eigenvalue weighted by molar-refractivity contribution is -0.0327. The Labute approximate surface area is 124 Å². The molecule has 1 fully saturated rings. The van der Waals surface area contributed by atoms with Crippen LogP contribution in [-0.2, 0) is 21.7 Å².